The molecule has 1 aromatic heterocycles. The van der Waals surface area contributed by atoms with Gasteiger partial charge in [0.15, 0.2) is 0 Å². The van der Waals surface area contributed by atoms with Crippen molar-refractivity contribution in [2.75, 3.05) is 53.4 Å². The largest absolute Gasteiger partial charge is 0.490 e. The molecule has 15 heteroatoms. The van der Waals surface area contributed by atoms with E-state index in [1.54, 1.807) is 0 Å². The lowest BCUT2D eigenvalue weighted by atomic mass is 10.1. The lowest BCUT2D eigenvalue weighted by Crippen LogP contribution is -2.52. The van der Waals surface area contributed by atoms with E-state index < -0.39 is 24.3 Å². The second kappa shape index (κ2) is 13.4. The minimum Gasteiger partial charge on any atom is -0.475 e. The van der Waals surface area contributed by atoms with E-state index in [1.165, 1.54) is 9.75 Å². The highest BCUT2D eigenvalue weighted by molar-refractivity contribution is 7.11. The predicted molar refractivity (Wildman–Crippen MR) is 115 cm³/mol. The van der Waals surface area contributed by atoms with Crippen molar-refractivity contribution in [1.82, 2.24) is 14.7 Å². The summed E-state index contributed by atoms with van der Waals surface area (Å²) in [5.41, 5.74) is 0. The molecule has 2 aliphatic heterocycles. The zero-order valence-corrected chi connectivity index (χ0v) is 20.2. The summed E-state index contributed by atoms with van der Waals surface area (Å²) in [7, 11) is 4.30. The number of carboxylic acid groups (broad SMARTS) is 2. The number of hydrogen-bond donors (Lipinski definition) is 2. The van der Waals surface area contributed by atoms with Crippen molar-refractivity contribution in [1.29, 1.82) is 0 Å². The first-order valence-electron chi connectivity index (χ1n) is 10.4. The van der Waals surface area contributed by atoms with Crippen molar-refractivity contribution < 1.29 is 50.9 Å². The quantitative estimate of drug-likeness (QED) is 0.554. The van der Waals surface area contributed by atoms with E-state index in [1.807, 2.05) is 11.3 Å². The fourth-order valence-corrected chi connectivity index (χ4v) is 4.29. The number of halogens is 6. The Bertz CT molecular complexity index is 794. The summed E-state index contributed by atoms with van der Waals surface area (Å²) < 4.78 is 69.5. The Morgan fingerprint density at radius 2 is 1.63 bits per heavy atom. The zero-order chi connectivity index (χ0) is 27.0. The lowest BCUT2D eigenvalue weighted by Gasteiger charge is -2.37. The summed E-state index contributed by atoms with van der Waals surface area (Å²) in [4.78, 5) is 28.1. The zero-order valence-electron chi connectivity index (χ0n) is 19.4. The molecule has 8 nitrogen and oxygen atoms in total. The van der Waals surface area contributed by atoms with Crippen molar-refractivity contribution in [3.8, 4) is 0 Å². The Balaban J connectivity index is 0.000000362. The molecule has 0 spiro atoms. The third-order valence-corrected chi connectivity index (χ3v) is 5.97. The number of ether oxygens (including phenoxy) is 1. The van der Waals surface area contributed by atoms with Crippen LogP contribution in [0.2, 0.25) is 0 Å². The maximum atomic E-state index is 10.6. The lowest BCUT2D eigenvalue weighted by molar-refractivity contribution is -0.193. The highest BCUT2D eigenvalue weighted by Crippen LogP contribution is 2.26. The number of alkyl halides is 6. The minimum atomic E-state index is -5.08. The van der Waals surface area contributed by atoms with Gasteiger partial charge in [-0.05, 0) is 33.2 Å². The summed E-state index contributed by atoms with van der Waals surface area (Å²) in [5.74, 6) is -5.51. The molecule has 3 heterocycles. The van der Waals surface area contributed by atoms with Gasteiger partial charge in [-0.25, -0.2) is 9.59 Å². The summed E-state index contributed by atoms with van der Waals surface area (Å²) in [6.45, 7) is 9.76. The Kier molecular flexibility index (Phi) is 11.9. The number of rotatable bonds is 5. The number of aliphatic carboxylic acids is 2. The Morgan fingerprint density at radius 3 is 2.06 bits per heavy atom. The van der Waals surface area contributed by atoms with E-state index in [4.69, 9.17) is 24.5 Å². The Morgan fingerprint density at radius 1 is 1.09 bits per heavy atom. The number of carboxylic acids is 2. The Labute approximate surface area is 202 Å². The van der Waals surface area contributed by atoms with Gasteiger partial charge in [-0.1, -0.05) is 0 Å². The maximum absolute atomic E-state index is 10.6. The molecule has 2 fully saturated rings. The fraction of sp³-hybridized carbons (Fsp3) is 0.700. The van der Waals surface area contributed by atoms with E-state index in [0.29, 0.717) is 12.1 Å². The third-order valence-electron chi connectivity index (χ3n) is 4.99. The number of morpholine rings is 1. The summed E-state index contributed by atoms with van der Waals surface area (Å²) in [6, 6.07) is 5.08. The molecular formula is C20H29F6N3O5S. The smallest absolute Gasteiger partial charge is 0.475 e. The number of thiophene rings is 1. The van der Waals surface area contributed by atoms with Crippen LogP contribution in [-0.2, 0) is 20.9 Å². The molecule has 35 heavy (non-hydrogen) atoms. The second-order valence-corrected chi connectivity index (χ2v) is 9.50. The molecule has 2 N–H and O–H groups in total. The summed E-state index contributed by atoms with van der Waals surface area (Å²) in [5, 5.41) is 14.2. The molecule has 0 radical (unpaired) electrons. The fourth-order valence-electron chi connectivity index (χ4n) is 3.36. The molecular weight excluding hydrogens is 508 g/mol. The van der Waals surface area contributed by atoms with E-state index >= 15 is 0 Å². The number of carbonyl (C=O) groups is 2. The van der Waals surface area contributed by atoms with Crippen molar-refractivity contribution in [3.63, 3.8) is 0 Å². The van der Waals surface area contributed by atoms with Crippen LogP contribution in [0, 0.1) is 6.92 Å². The average molecular weight is 538 g/mol. The van der Waals surface area contributed by atoms with Gasteiger partial charge in [-0.15, -0.1) is 11.3 Å². The van der Waals surface area contributed by atoms with Crippen LogP contribution >= 0.6 is 11.3 Å². The minimum absolute atomic E-state index is 0.405. The molecule has 0 unspecified atom stereocenters. The molecule has 0 bridgehead atoms. The van der Waals surface area contributed by atoms with Crippen LogP contribution in [0.4, 0.5) is 26.3 Å². The van der Waals surface area contributed by atoms with Crippen LogP contribution in [0.5, 0.6) is 0 Å². The van der Waals surface area contributed by atoms with Crippen molar-refractivity contribution >= 4 is 23.3 Å². The molecule has 202 valence electrons. The Hall–Kier alpha value is -1.94. The van der Waals surface area contributed by atoms with E-state index in [0.717, 1.165) is 45.9 Å². The molecule has 2 atom stereocenters. The number of fused-ring (bicyclic) bond motifs is 1. The number of hydrogen-bond acceptors (Lipinski definition) is 7. The normalized spacial score (nSPS) is 21.0. The third kappa shape index (κ3) is 11.6. The van der Waals surface area contributed by atoms with E-state index in [9.17, 15) is 26.3 Å². The molecule has 2 aliphatic rings. The van der Waals surface area contributed by atoms with Gasteiger partial charge in [0.05, 0.1) is 12.7 Å². The molecule has 3 rings (SSSR count). The van der Waals surface area contributed by atoms with E-state index in [-0.39, 0.29) is 0 Å². The molecule has 0 aromatic carbocycles. The number of nitrogens with zero attached hydrogens (tertiary/aromatic N) is 3. The first-order valence-corrected chi connectivity index (χ1v) is 11.2. The van der Waals surface area contributed by atoms with Crippen molar-refractivity contribution in [2.45, 2.75) is 38.0 Å². The number of likely N-dealkylation sites (tertiary alicyclic amines) is 1. The number of aryl methyl sites for hydroxylation is 1. The van der Waals surface area contributed by atoms with Crippen LogP contribution in [0.1, 0.15) is 9.75 Å². The second-order valence-electron chi connectivity index (χ2n) is 8.13. The highest BCUT2D eigenvalue weighted by Gasteiger charge is 2.40. The first kappa shape index (κ1) is 31.1. The molecule has 1 aromatic rings. The van der Waals surface area contributed by atoms with Gasteiger partial charge in [0.1, 0.15) is 0 Å². The van der Waals surface area contributed by atoms with Crippen LogP contribution < -0.4 is 0 Å². The van der Waals surface area contributed by atoms with Gasteiger partial charge in [0.25, 0.3) is 0 Å². The average Bonchev–Trinajstić information content (AvgIpc) is 3.31. The van der Waals surface area contributed by atoms with Crippen molar-refractivity contribution in [2.24, 2.45) is 0 Å². The molecule has 2 saturated heterocycles. The van der Waals surface area contributed by atoms with Crippen molar-refractivity contribution in [3.05, 3.63) is 21.9 Å². The van der Waals surface area contributed by atoms with Gasteiger partial charge in [0, 0.05) is 55.1 Å². The standard InChI is InChI=1S/C16H27N3OS.2C2HF3O2/c1-13-4-5-14(21-13)10-18-11-15-16(12-18)20-9-8-19(15)7-6-17(2)3;2*3-2(4,5)1(6)7/h4-5,15-16H,6-12H2,1-3H3;2*(H,6,7)/t15-,16+;;/m1../s1. The highest BCUT2D eigenvalue weighted by atomic mass is 32.1. The van der Waals surface area contributed by atoms with Gasteiger partial charge in [-0.2, -0.15) is 26.3 Å². The molecule has 0 aliphatic carbocycles. The van der Waals surface area contributed by atoms with Crippen LogP contribution in [0.25, 0.3) is 0 Å². The maximum Gasteiger partial charge on any atom is 0.490 e. The van der Waals surface area contributed by atoms with Crippen LogP contribution in [0.15, 0.2) is 12.1 Å². The van der Waals surface area contributed by atoms with Crippen LogP contribution in [0.3, 0.4) is 0 Å². The first-order chi connectivity index (χ1) is 16.0. The van der Waals surface area contributed by atoms with Gasteiger partial charge < -0.3 is 19.8 Å². The van der Waals surface area contributed by atoms with Gasteiger partial charge >= 0.3 is 24.3 Å². The topological polar surface area (TPSA) is 93.5 Å². The van der Waals surface area contributed by atoms with Gasteiger partial charge in [0.2, 0.25) is 0 Å². The van der Waals surface area contributed by atoms with E-state index in [2.05, 4.69) is 47.9 Å². The van der Waals surface area contributed by atoms with Gasteiger partial charge in [-0.3, -0.25) is 9.80 Å². The monoisotopic (exact) mass is 537 g/mol. The SMILES string of the molecule is Cc1ccc(CN2C[C@@H]3OCCN(CCN(C)C)[C@@H]3C2)s1.O=C(O)C(F)(F)F.O=C(O)C(F)(F)F. The molecule has 0 amide bonds. The van der Waals surface area contributed by atoms with Crippen LogP contribution in [-0.4, -0.2) is 115 Å². The summed E-state index contributed by atoms with van der Waals surface area (Å²) in [6.07, 6.45) is -9.76. The summed E-state index contributed by atoms with van der Waals surface area (Å²) >= 11 is 1.92. The predicted octanol–water partition coefficient (Wildman–Crippen LogP) is 2.77. The number of likely N-dealkylation sites (N-methyl/N-ethyl adjacent to an activating group) is 1. The molecule has 0 saturated carbocycles.